The first-order valence-electron chi connectivity index (χ1n) is 5.80. The highest BCUT2D eigenvalue weighted by Crippen LogP contribution is 2.37. The van der Waals surface area contributed by atoms with Crippen LogP contribution < -0.4 is 5.32 Å². The zero-order valence-corrected chi connectivity index (χ0v) is 9.63. The number of H-pyrrole nitrogens is 1. The summed E-state index contributed by atoms with van der Waals surface area (Å²) in [6, 6.07) is 3.56. The van der Waals surface area contributed by atoms with Crippen molar-refractivity contribution in [2.24, 2.45) is 0 Å². The summed E-state index contributed by atoms with van der Waals surface area (Å²) in [4.78, 5) is 15.9. The van der Waals surface area contributed by atoms with Crippen LogP contribution in [0, 0.1) is 0 Å². The lowest BCUT2D eigenvalue weighted by atomic mass is 10.4. The van der Waals surface area contributed by atoms with Crippen molar-refractivity contribution >= 4 is 5.91 Å². The van der Waals surface area contributed by atoms with E-state index in [1.54, 1.807) is 18.3 Å². The van der Waals surface area contributed by atoms with Crippen LogP contribution in [0.1, 0.15) is 40.9 Å². The molecule has 2 heterocycles. The smallest absolute Gasteiger partial charge is 0.291 e. The van der Waals surface area contributed by atoms with Crippen molar-refractivity contribution in [3.8, 4) is 0 Å². The fourth-order valence-electron chi connectivity index (χ4n) is 1.59. The fourth-order valence-corrected chi connectivity index (χ4v) is 1.59. The van der Waals surface area contributed by atoms with Gasteiger partial charge in [-0.05, 0) is 25.0 Å². The largest absolute Gasteiger partial charge is 0.344 e. The van der Waals surface area contributed by atoms with Crippen molar-refractivity contribution in [3.05, 3.63) is 35.7 Å². The molecule has 92 valence electrons. The molecule has 18 heavy (non-hydrogen) atoms. The van der Waals surface area contributed by atoms with Crippen molar-refractivity contribution in [1.82, 2.24) is 30.7 Å². The second-order valence-corrected chi connectivity index (χ2v) is 4.22. The molecule has 0 aromatic carbocycles. The molecule has 2 aromatic rings. The Balaban J connectivity index is 1.60. The van der Waals surface area contributed by atoms with Gasteiger partial charge in [0, 0.05) is 12.1 Å². The SMILES string of the molecule is O=C(NCc1cccnn1)c1n[nH]c(C2CC2)n1. The number of carbonyl (C=O) groups excluding carboxylic acids is 1. The minimum absolute atomic E-state index is 0.181. The molecule has 7 nitrogen and oxygen atoms in total. The van der Waals surface area contributed by atoms with Crippen molar-refractivity contribution in [2.45, 2.75) is 25.3 Å². The quantitative estimate of drug-likeness (QED) is 0.811. The van der Waals surface area contributed by atoms with Crippen LogP contribution >= 0.6 is 0 Å². The standard InChI is InChI=1S/C11H12N6O/c18-11(12-6-8-2-1-5-13-15-8)10-14-9(16-17-10)7-3-4-7/h1-2,5,7H,3-4,6H2,(H,12,18)(H,14,16,17). The van der Waals surface area contributed by atoms with Gasteiger partial charge in [-0.3, -0.25) is 9.89 Å². The zero-order chi connectivity index (χ0) is 12.4. The lowest BCUT2D eigenvalue weighted by Gasteiger charge is -2.00. The van der Waals surface area contributed by atoms with E-state index in [2.05, 4.69) is 30.7 Å². The topological polar surface area (TPSA) is 96.5 Å². The first-order chi connectivity index (χ1) is 8.83. The average Bonchev–Trinajstić information content (AvgIpc) is 3.15. The van der Waals surface area contributed by atoms with Gasteiger partial charge in [0.25, 0.3) is 5.91 Å². The Kier molecular flexibility index (Phi) is 2.71. The van der Waals surface area contributed by atoms with Gasteiger partial charge in [-0.1, -0.05) is 0 Å². The maximum atomic E-state index is 11.8. The Bertz CT molecular complexity index is 548. The molecule has 3 rings (SSSR count). The fraction of sp³-hybridized carbons (Fsp3) is 0.364. The van der Waals surface area contributed by atoms with Gasteiger partial charge in [-0.2, -0.15) is 10.2 Å². The lowest BCUT2D eigenvalue weighted by molar-refractivity contribution is 0.0940. The summed E-state index contributed by atoms with van der Waals surface area (Å²) in [6.45, 7) is 0.319. The summed E-state index contributed by atoms with van der Waals surface area (Å²) >= 11 is 0. The predicted molar refractivity (Wildman–Crippen MR) is 61.6 cm³/mol. The molecule has 0 unspecified atom stereocenters. The van der Waals surface area contributed by atoms with Crippen LogP contribution in [0.3, 0.4) is 0 Å². The third kappa shape index (κ3) is 2.34. The van der Waals surface area contributed by atoms with Gasteiger partial charge in [0.05, 0.1) is 12.2 Å². The number of aromatic amines is 1. The molecule has 1 aliphatic rings. The van der Waals surface area contributed by atoms with Crippen LogP contribution in [0.15, 0.2) is 18.3 Å². The molecule has 1 aliphatic carbocycles. The molecule has 0 radical (unpaired) electrons. The van der Waals surface area contributed by atoms with E-state index in [1.165, 1.54) is 0 Å². The Morgan fingerprint density at radius 3 is 3.11 bits per heavy atom. The average molecular weight is 244 g/mol. The summed E-state index contributed by atoms with van der Waals surface area (Å²) in [6.07, 6.45) is 3.83. The number of hydrogen-bond acceptors (Lipinski definition) is 5. The number of nitrogens with zero attached hydrogens (tertiary/aromatic N) is 4. The van der Waals surface area contributed by atoms with Crippen LogP contribution in [0.25, 0.3) is 0 Å². The maximum absolute atomic E-state index is 11.8. The molecule has 7 heteroatoms. The van der Waals surface area contributed by atoms with Gasteiger partial charge in [-0.15, -0.1) is 5.10 Å². The summed E-state index contributed by atoms with van der Waals surface area (Å²) < 4.78 is 0. The van der Waals surface area contributed by atoms with E-state index >= 15 is 0 Å². The highest BCUT2D eigenvalue weighted by atomic mass is 16.2. The van der Waals surface area contributed by atoms with E-state index in [0.717, 1.165) is 18.7 Å². The molecule has 0 spiro atoms. The van der Waals surface area contributed by atoms with Crippen molar-refractivity contribution < 1.29 is 4.79 Å². The number of hydrogen-bond donors (Lipinski definition) is 2. The molecule has 1 saturated carbocycles. The van der Waals surface area contributed by atoms with Crippen LogP contribution in [0.4, 0.5) is 0 Å². The minimum Gasteiger partial charge on any atom is -0.344 e. The number of aromatic nitrogens is 5. The number of rotatable bonds is 4. The summed E-state index contributed by atoms with van der Waals surface area (Å²) in [5, 5.41) is 17.0. The summed E-state index contributed by atoms with van der Waals surface area (Å²) in [5.41, 5.74) is 0.698. The highest BCUT2D eigenvalue weighted by Gasteiger charge is 2.28. The Morgan fingerprint density at radius 2 is 2.39 bits per heavy atom. The van der Waals surface area contributed by atoms with Gasteiger partial charge in [0.15, 0.2) is 0 Å². The molecular weight excluding hydrogens is 232 g/mol. The van der Waals surface area contributed by atoms with Gasteiger partial charge in [0.2, 0.25) is 5.82 Å². The lowest BCUT2D eigenvalue weighted by Crippen LogP contribution is -2.24. The van der Waals surface area contributed by atoms with Crippen LogP contribution in [-0.2, 0) is 6.54 Å². The molecule has 0 saturated heterocycles. The van der Waals surface area contributed by atoms with E-state index in [9.17, 15) is 4.79 Å². The van der Waals surface area contributed by atoms with E-state index in [-0.39, 0.29) is 11.7 Å². The van der Waals surface area contributed by atoms with Gasteiger partial charge in [-0.25, -0.2) is 4.98 Å². The van der Waals surface area contributed by atoms with Crippen molar-refractivity contribution in [3.63, 3.8) is 0 Å². The molecule has 0 bridgehead atoms. The molecule has 2 aromatic heterocycles. The van der Waals surface area contributed by atoms with Crippen LogP contribution in [-0.4, -0.2) is 31.3 Å². The maximum Gasteiger partial charge on any atom is 0.291 e. The molecular formula is C11H12N6O. The number of nitrogens with one attached hydrogen (secondary N) is 2. The van der Waals surface area contributed by atoms with E-state index in [0.29, 0.717) is 18.2 Å². The third-order valence-corrected chi connectivity index (χ3v) is 2.73. The Labute approximate surface area is 103 Å². The van der Waals surface area contributed by atoms with Crippen molar-refractivity contribution in [2.75, 3.05) is 0 Å². The van der Waals surface area contributed by atoms with Crippen LogP contribution in [0.5, 0.6) is 0 Å². The van der Waals surface area contributed by atoms with Gasteiger partial charge in [0.1, 0.15) is 5.82 Å². The second-order valence-electron chi connectivity index (χ2n) is 4.22. The minimum atomic E-state index is -0.302. The zero-order valence-electron chi connectivity index (χ0n) is 9.63. The van der Waals surface area contributed by atoms with Crippen LogP contribution in [0.2, 0.25) is 0 Å². The summed E-state index contributed by atoms with van der Waals surface area (Å²) in [5.74, 6) is 1.14. The summed E-state index contributed by atoms with van der Waals surface area (Å²) in [7, 11) is 0. The molecule has 0 atom stereocenters. The first-order valence-corrected chi connectivity index (χ1v) is 5.80. The monoisotopic (exact) mass is 244 g/mol. The highest BCUT2D eigenvalue weighted by molar-refractivity contribution is 5.90. The van der Waals surface area contributed by atoms with Gasteiger partial charge >= 0.3 is 0 Å². The van der Waals surface area contributed by atoms with E-state index in [1.807, 2.05) is 0 Å². The second kappa shape index (κ2) is 4.52. The Hall–Kier alpha value is -2.31. The van der Waals surface area contributed by atoms with Crippen molar-refractivity contribution in [1.29, 1.82) is 0 Å². The number of amides is 1. The third-order valence-electron chi connectivity index (χ3n) is 2.73. The predicted octanol–water partition coefficient (Wildman–Crippen LogP) is 0.402. The first kappa shape index (κ1) is 10.8. The van der Waals surface area contributed by atoms with E-state index in [4.69, 9.17) is 0 Å². The molecule has 0 aliphatic heterocycles. The molecule has 2 N–H and O–H groups in total. The normalized spacial score (nSPS) is 14.4. The molecule has 1 amide bonds. The number of carbonyl (C=O) groups is 1. The van der Waals surface area contributed by atoms with E-state index < -0.39 is 0 Å². The Morgan fingerprint density at radius 1 is 1.50 bits per heavy atom. The molecule has 1 fully saturated rings. The van der Waals surface area contributed by atoms with Gasteiger partial charge < -0.3 is 5.32 Å².